The second-order valence-electron chi connectivity index (χ2n) is 8.23. The summed E-state index contributed by atoms with van der Waals surface area (Å²) in [5, 5.41) is 19.8. The molecule has 3 amide bonds. The van der Waals surface area contributed by atoms with Gasteiger partial charge in [0.15, 0.2) is 5.82 Å². The Balaban J connectivity index is 1.26. The number of aromatic amines is 1. The van der Waals surface area contributed by atoms with Gasteiger partial charge in [-0.15, -0.1) is 0 Å². The Morgan fingerprint density at radius 1 is 1.32 bits per heavy atom. The van der Waals surface area contributed by atoms with Crippen molar-refractivity contribution in [3.8, 4) is 0 Å². The van der Waals surface area contributed by atoms with Crippen LogP contribution in [0.25, 0.3) is 0 Å². The number of aryl methyl sites for hydroxylation is 1. The second kappa shape index (κ2) is 7.29. The quantitative estimate of drug-likeness (QED) is 0.607. The van der Waals surface area contributed by atoms with Crippen LogP contribution in [0.2, 0.25) is 0 Å². The highest BCUT2D eigenvalue weighted by Crippen LogP contribution is 2.36. The summed E-state index contributed by atoms with van der Waals surface area (Å²) in [4.78, 5) is 24.2. The first kappa shape index (κ1) is 18.5. The van der Waals surface area contributed by atoms with Crippen LogP contribution >= 0.6 is 0 Å². The highest BCUT2D eigenvalue weighted by Gasteiger charge is 2.39. The van der Waals surface area contributed by atoms with Crippen molar-refractivity contribution in [3.63, 3.8) is 0 Å². The van der Waals surface area contributed by atoms with Crippen molar-refractivity contribution < 1.29 is 14.1 Å². The van der Waals surface area contributed by atoms with Gasteiger partial charge < -0.3 is 20.5 Å². The van der Waals surface area contributed by atoms with Crippen molar-refractivity contribution in [1.29, 1.82) is 0 Å². The molecule has 2 aromatic rings. The smallest absolute Gasteiger partial charge is 0.315 e. The van der Waals surface area contributed by atoms with E-state index >= 15 is 0 Å². The van der Waals surface area contributed by atoms with E-state index in [0.717, 1.165) is 43.5 Å². The lowest BCUT2D eigenvalue weighted by Crippen LogP contribution is -2.45. The highest BCUT2D eigenvalue weighted by atomic mass is 16.5. The van der Waals surface area contributed by atoms with Crippen molar-refractivity contribution in [2.24, 2.45) is 0 Å². The number of hydrogen-bond acceptors (Lipinski definition) is 5. The number of nitrogens with one attached hydrogen (secondary N) is 4. The van der Waals surface area contributed by atoms with Crippen molar-refractivity contribution in [2.75, 3.05) is 5.32 Å². The highest BCUT2D eigenvalue weighted by molar-refractivity contribution is 5.91. The molecule has 0 unspecified atom stereocenters. The average Bonchev–Trinajstić information content (AvgIpc) is 3.05. The van der Waals surface area contributed by atoms with Gasteiger partial charge in [-0.3, -0.25) is 9.89 Å². The number of hydrogen-bond donors (Lipinski definition) is 4. The minimum absolute atomic E-state index is 0.0109. The van der Waals surface area contributed by atoms with Crippen LogP contribution in [0, 0.1) is 6.92 Å². The molecule has 0 aromatic carbocycles. The molecule has 2 atom stereocenters. The van der Waals surface area contributed by atoms with Gasteiger partial charge in [0, 0.05) is 35.3 Å². The molecule has 9 heteroatoms. The van der Waals surface area contributed by atoms with E-state index in [1.165, 1.54) is 0 Å². The molecule has 0 saturated heterocycles. The zero-order valence-corrected chi connectivity index (χ0v) is 16.2. The Kier molecular flexibility index (Phi) is 4.82. The maximum Gasteiger partial charge on any atom is 0.315 e. The van der Waals surface area contributed by atoms with Crippen LogP contribution in [-0.2, 0) is 11.2 Å². The summed E-state index contributed by atoms with van der Waals surface area (Å²) in [5.74, 6) is 1.10. The zero-order valence-electron chi connectivity index (χ0n) is 16.2. The van der Waals surface area contributed by atoms with Gasteiger partial charge in [0.25, 0.3) is 0 Å². The van der Waals surface area contributed by atoms with E-state index in [4.69, 9.17) is 4.52 Å². The average molecular weight is 386 g/mol. The van der Waals surface area contributed by atoms with Crippen LogP contribution in [0.1, 0.15) is 62.1 Å². The molecule has 4 N–H and O–H groups in total. The van der Waals surface area contributed by atoms with E-state index in [9.17, 15) is 9.59 Å². The number of H-pyrrole nitrogens is 1. The lowest BCUT2D eigenvalue weighted by molar-refractivity contribution is -0.115. The number of rotatable bonds is 6. The molecular formula is C19H26N6O3. The lowest BCUT2D eigenvalue weighted by atomic mass is 10.0. The molecule has 2 heterocycles. The fraction of sp³-hybridized carbons (Fsp3) is 0.579. The molecule has 0 spiro atoms. The third-order valence-corrected chi connectivity index (χ3v) is 5.50. The largest absolute Gasteiger partial charge is 0.361 e. The van der Waals surface area contributed by atoms with E-state index in [2.05, 4.69) is 38.2 Å². The van der Waals surface area contributed by atoms with Crippen molar-refractivity contribution in [3.05, 3.63) is 29.3 Å². The summed E-state index contributed by atoms with van der Waals surface area (Å²) in [6.45, 7) is 3.87. The molecule has 150 valence electrons. The Morgan fingerprint density at radius 3 is 2.86 bits per heavy atom. The van der Waals surface area contributed by atoms with Gasteiger partial charge in [-0.2, -0.15) is 5.10 Å². The van der Waals surface area contributed by atoms with Crippen LogP contribution in [0.4, 0.5) is 10.6 Å². The van der Waals surface area contributed by atoms with Crippen LogP contribution in [0.15, 0.2) is 16.7 Å². The van der Waals surface area contributed by atoms with Crippen LogP contribution in [-0.4, -0.2) is 38.9 Å². The number of carbonyl (C=O) groups excluding carboxylic acids is 2. The molecule has 2 fully saturated rings. The van der Waals surface area contributed by atoms with Crippen molar-refractivity contribution in [1.82, 2.24) is 26.0 Å². The van der Waals surface area contributed by atoms with Crippen LogP contribution in [0.3, 0.4) is 0 Å². The van der Waals surface area contributed by atoms with Gasteiger partial charge in [-0.25, -0.2) is 4.79 Å². The fourth-order valence-corrected chi connectivity index (χ4v) is 3.66. The molecule has 0 bridgehead atoms. The molecule has 0 aliphatic heterocycles. The van der Waals surface area contributed by atoms with E-state index in [0.29, 0.717) is 11.6 Å². The maximum absolute atomic E-state index is 12.1. The Hall–Kier alpha value is -2.84. The summed E-state index contributed by atoms with van der Waals surface area (Å²) in [5.41, 5.74) is 1.71. The van der Waals surface area contributed by atoms with Gasteiger partial charge in [0.2, 0.25) is 5.91 Å². The monoisotopic (exact) mass is 386 g/mol. The minimum Gasteiger partial charge on any atom is -0.361 e. The molecular weight excluding hydrogens is 360 g/mol. The molecule has 28 heavy (non-hydrogen) atoms. The molecule has 2 aromatic heterocycles. The molecule has 0 radical (unpaired) electrons. The normalized spacial score (nSPS) is 22.6. The van der Waals surface area contributed by atoms with E-state index in [-0.39, 0.29) is 35.9 Å². The number of carbonyl (C=O) groups is 2. The lowest BCUT2D eigenvalue weighted by Gasteiger charge is -2.17. The van der Waals surface area contributed by atoms with Gasteiger partial charge in [-0.05, 0) is 46.0 Å². The summed E-state index contributed by atoms with van der Waals surface area (Å²) in [6.07, 6.45) is 4.97. The summed E-state index contributed by atoms with van der Waals surface area (Å²) < 4.78 is 5.06. The van der Waals surface area contributed by atoms with Gasteiger partial charge in [0.05, 0.1) is 12.1 Å². The van der Waals surface area contributed by atoms with Crippen molar-refractivity contribution in [2.45, 2.75) is 69.9 Å². The summed E-state index contributed by atoms with van der Waals surface area (Å²) >= 11 is 0. The third-order valence-electron chi connectivity index (χ3n) is 5.50. The predicted octanol–water partition coefficient (Wildman–Crippen LogP) is 2.38. The van der Waals surface area contributed by atoms with Crippen LogP contribution in [0.5, 0.6) is 0 Å². The number of aromatic nitrogens is 3. The zero-order chi connectivity index (χ0) is 19.7. The summed E-state index contributed by atoms with van der Waals surface area (Å²) in [6, 6.07) is 3.68. The van der Waals surface area contributed by atoms with Gasteiger partial charge in [-0.1, -0.05) is 5.16 Å². The first-order valence-electron chi connectivity index (χ1n) is 9.75. The maximum atomic E-state index is 12.1. The number of amides is 3. The minimum atomic E-state index is -0.203. The second-order valence-corrected chi connectivity index (χ2v) is 8.23. The molecule has 2 aliphatic rings. The molecule has 2 saturated carbocycles. The molecule has 4 rings (SSSR count). The van der Waals surface area contributed by atoms with Crippen molar-refractivity contribution >= 4 is 17.8 Å². The van der Waals surface area contributed by atoms with Gasteiger partial charge >= 0.3 is 6.03 Å². The third kappa shape index (κ3) is 4.52. The van der Waals surface area contributed by atoms with Gasteiger partial charge in [0.1, 0.15) is 5.76 Å². The van der Waals surface area contributed by atoms with E-state index in [1.54, 1.807) is 6.07 Å². The Labute approximate surface area is 163 Å². The Morgan fingerprint density at radius 2 is 2.14 bits per heavy atom. The topological polar surface area (TPSA) is 125 Å². The number of nitrogens with zero attached hydrogens (tertiary/aromatic N) is 2. The first-order chi connectivity index (χ1) is 13.4. The van der Waals surface area contributed by atoms with E-state index < -0.39 is 0 Å². The van der Waals surface area contributed by atoms with E-state index in [1.807, 2.05) is 13.0 Å². The molecule has 2 aliphatic carbocycles. The van der Waals surface area contributed by atoms with Crippen LogP contribution < -0.4 is 16.0 Å². The number of urea groups is 1. The number of anilines is 1. The first-order valence-corrected chi connectivity index (χ1v) is 9.75. The SMILES string of the molecule is Cc1cc(CC(=O)Nc2cc([C@H]3CC[C@@H](NC(=O)NC4(C)CC4)C3)[nH]n2)on1. The fourth-order valence-electron chi connectivity index (χ4n) is 3.66. The summed E-state index contributed by atoms with van der Waals surface area (Å²) in [7, 11) is 0. The Bertz CT molecular complexity index is 869. The molecule has 9 nitrogen and oxygen atoms in total. The standard InChI is InChI=1S/C19H26N6O3/c1-11-7-14(28-25-11)9-17(26)21-16-10-15(23-24-16)12-3-4-13(8-12)20-18(27)22-19(2)5-6-19/h7,10,12-13H,3-6,8-9H2,1-2H3,(H2,20,22,27)(H2,21,23,24,26)/t12-,13+/m0/s1. The predicted molar refractivity (Wildman–Crippen MR) is 102 cm³/mol.